The van der Waals surface area contributed by atoms with Crippen molar-refractivity contribution in [2.45, 2.75) is 297 Å². The Labute approximate surface area is 475 Å². The second-order valence-electron chi connectivity index (χ2n) is 20.9. The number of unbranched alkanes of at least 4 members (excludes halogenated alkanes) is 26. The summed E-state index contributed by atoms with van der Waals surface area (Å²) in [4.78, 5) is 37.9. The monoisotopic (exact) mass is 1070 g/mol. The Hall–Kier alpha value is -4.19. The minimum absolute atomic E-state index is 0.0853. The number of ether oxygens (including phenoxy) is 3. The van der Waals surface area contributed by atoms with E-state index in [0.29, 0.717) is 19.3 Å². The summed E-state index contributed by atoms with van der Waals surface area (Å²) in [6.45, 7) is 6.43. The van der Waals surface area contributed by atoms with Gasteiger partial charge in [-0.1, -0.05) is 277 Å². The highest BCUT2D eigenvalue weighted by Gasteiger charge is 2.19. The summed E-state index contributed by atoms with van der Waals surface area (Å²) < 4.78 is 16.8. The lowest BCUT2D eigenvalue weighted by atomic mass is 10.0. The van der Waals surface area contributed by atoms with Gasteiger partial charge >= 0.3 is 17.9 Å². The molecule has 438 valence electrons. The van der Waals surface area contributed by atoms with Crippen LogP contribution in [0.2, 0.25) is 0 Å². The molecule has 6 nitrogen and oxygen atoms in total. The number of hydrogen-bond donors (Lipinski definition) is 0. The first kappa shape index (κ1) is 72.8. The number of hydrogen-bond acceptors (Lipinski definition) is 6. The quantitative estimate of drug-likeness (QED) is 0.0261. The minimum Gasteiger partial charge on any atom is -0.462 e. The lowest BCUT2D eigenvalue weighted by Crippen LogP contribution is -2.30. The molecule has 1 atom stereocenters. The van der Waals surface area contributed by atoms with E-state index in [2.05, 4.69) is 142 Å². The molecule has 0 saturated heterocycles. The van der Waals surface area contributed by atoms with Gasteiger partial charge in [-0.05, 0) is 116 Å². The van der Waals surface area contributed by atoms with Gasteiger partial charge in [0.05, 0.1) is 0 Å². The predicted octanol–water partition coefficient (Wildman–Crippen LogP) is 22.0. The molecule has 0 aliphatic rings. The maximum atomic E-state index is 12.8. The van der Waals surface area contributed by atoms with Crippen molar-refractivity contribution in [2.75, 3.05) is 13.2 Å². The number of rotatable bonds is 57. The molecule has 77 heavy (non-hydrogen) atoms. The molecule has 0 bridgehead atoms. The van der Waals surface area contributed by atoms with E-state index in [4.69, 9.17) is 14.2 Å². The molecule has 0 aliphatic carbocycles. The highest BCUT2D eigenvalue weighted by atomic mass is 16.6. The van der Waals surface area contributed by atoms with Crippen LogP contribution in [-0.4, -0.2) is 37.2 Å². The maximum Gasteiger partial charge on any atom is 0.306 e. The average Bonchev–Trinajstić information content (AvgIpc) is 3.43. The topological polar surface area (TPSA) is 78.9 Å². The fraction of sp³-hybridized carbons (Fsp3) is 0.676. The van der Waals surface area contributed by atoms with Crippen molar-refractivity contribution in [1.82, 2.24) is 0 Å². The number of carbonyl (C=O) groups is 3. The average molecular weight is 1070 g/mol. The van der Waals surface area contributed by atoms with Crippen LogP contribution in [0.1, 0.15) is 290 Å². The summed E-state index contributed by atoms with van der Waals surface area (Å²) in [6.07, 6.45) is 89.6. The standard InChI is InChI=1S/C71H118O6/c1-4-7-10-13-15-17-19-21-23-25-27-29-31-32-33-34-35-36-37-38-40-41-43-45-47-49-51-53-55-58-61-64-70(73)76-67-68(66-75-69(72)63-60-57-12-9-6-3)77-71(74)65-62-59-56-54-52-50-48-46-44-42-39-30-28-26-24-22-20-18-16-14-11-8-5-2/h7,10,15,17,20-23,26-29,32-33,35-36,38,40,43,45,68H,4-6,8-9,11-14,16,18-19,24-25,30-31,34,37,39,41-42,44,46-67H2,1-3H3/b10-7-,17-15-,22-20-,23-21-,28-26-,29-27-,33-32-,36-35-,40-38-,45-43-. The third-order valence-corrected chi connectivity index (χ3v) is 13.5. The molecule has 0 fully saturated rings. The molecule has 0 aliphatic heterocycles. The Balaban J connectivity index is 4.11. The fourth-order valence-corrected chi connectivity index (χ4v) is 8.67. The van der Waals surface area contributed by atoms with Crippen LogP contribution in [0.5, 0.6) is 0 Å². The zero-order valence-corrected chi connectivity index (χ0v) is 50.2. The van der Waals surface area contributed by atoms with Gasteiger partial charge < -0.3 is 14.2 Å². The van der Waals surface area contributed by atoms with E-state index in [1.807, 2.05) is 0 Å². The minimum atomic E-state index is -0.785. The van der Waals surface area contributed by atoms with Gasteiger partial charge in [0, 0.05) is 19.3 Å². The van der Waals surface area contributed by atoms with E-state index in [-0.39, 0.29) is 31.1 Å². The Morgan fingerprint density at radius 3 is 0.792 bits per heavy atom. The summed E-state index contributed by atoms with van der Waals surface area (Å²) in [6, 6.07) is 0. The van der Waals surface area contributed by atoms with Crippen LogP contribution in [0.4, 0.5) is 0 Å². The van der Waals surface area contributed by atoms with Crippen molar-refractivity contribution >= 4 is 17.9 Å². The van der Waals surface area contributed by atoms with Gasteiger partial charge in [-0.3, -0.25) is 14.4 Å². The zero-order chi connectivity index (χ0) is 55.7. The molecule has 0 rings (SSSR count). The van der Waals surface area contributed by atoms with Crippen LogP contribution in [0.25, 0.3) is 0 Å². The molecule has 6 heteroatoms. The van der Waals surface area contributed by atoms with Crippen LogP contribution >= 0.6 is 0 Å². The first-order chi connectivity index (χ1) is 38.0. The van der Waals surface area contributed by atoms with Crippen LogP contribution < -0.4 is 0 Å². The molecule has 0 aromatic carbocycles. The normalized spacial score (nSPS) is 12.9. The van der Waals surface area contributed by atoms with Gasteiger partial charge in [-0.2, -0.15) is 0 Å². The predicted molar refractivity (Wildman–Crippen MR) is 334 cm³/mol. The van der Waals surface area contributed by atoms with Gasteiger partial charge in [0.15, 0.2) is 6.10 Å². The first-order valence-corrected chi connectivity index (χ1v) is 32.0. The molecular formula is C71H118O6. The van der Waals surface area contributed by atoms with Gasteiger partial charge in [0.25, 0.3) is 0 Å². The van der Waals surface area contributed by atoms with E-state index < -0.39 is 6.10 Å². The highest BCUT2D eigenvalue weighted by molar-refractivity contribution is 5.71. The number of esters is 3. The molecule has 0 radical (unpaired) electrons. The molecule has 0 heterocycles. The van der Waals surface area contributed by atoms with E-state index in [1.165, 1.54) is 116 Å². The second-order valence-corrected chi connectivity index (χ2v) is 20.9. The summed E-state index contributed by atoms with van der Waals surface area (Å²) in [5.74, 6) is -0.914. The van der Waals surface area contributed by atoms with E-state index in [0.717, 1.165) is 135 Å². The Morgan fingerprint density at radius 2 is 0.506 bits per heavy atom. The van der Waals surface area contributed by atoms with Crippen LogP contribution in [0.15, 0.2) is 122 Å². The van der Waals surface area contributed by atoms with Gasteiger partial charge in [0.2, 0.25) is 0 Å². The number of allylic oxidation sites excluding steroid dienone is 20. The molecule has 0 aromatic rings. The molecule has 0 spiro atoms. The second kappa shape index (κ2) is 64.3. The smallest absolute Gasteiger partial charge is 0.306 e. The Kier molecular flexibility index (Phi) is 60.8. The largest absolute Gasteiger partial charge is 0.462 e. The van der Waals surface area contributed by atoms with E-state index >= 15 is 0 Å². The third kappa shape index (κ3) is 62.5. The van der Waals surface area contributed by atoms with Crippen LogP contribution in [-0.2, 0) is 28.6 Å². The Morgan fingerprint density at radius 1 is 0.273 bits per heavy atom. The summed E-state index contributed by atoms with van der Waals surface area (Å²) in [5, 5.41) is 0. The number of carbonyl (C=O) groups excluding carboxylic acids is 3. The third-order valence-electron chi connectivity index (χ3n) is 13.5. The molecular weight excluding hydrogens is 949 g/mol. The van der Waals surface area contributed by atoms with Gasteiger partial charge in [-0.25, -0.2) is 0 Å². The highest BCUT2D eigenvalue weighted by Crippen LogP contribution is 2.15. The summed E-state index contributed by atoms with van der Waals surface area (Å²) in [7, 11) is 0. The summed E-state index contributed by atoms with van der Waals surface area (Å²) >= 11 is 0. The van der Waals surface area contributed by atoms with E-state index in [1.54, 1.807) is 0 Å². The maximum absolute atomic E-state index is 12.8. The Bertz CT molecular complexity index is 1600. The molecule has 1 unspecified atom stereocenters. The van der Waals surface area contributed by atoms with Crippen molar-refractivity contribution in [1.29, 1.82) is 0 Å². The fourth-order valence-electron chi connectivity index (χ4n) is 8.67. The van der Waals surface area contributed by atoms with Crippen molar-refractivity contribution < 1.29 is 28.6 Å². The SMILES string of the molecule is CC/C=C\C/C=C\C/C=C\C/C=C\C/C=C\C/C=C\C/C=C\C/C=C\CCCCCCCCC(=O)OCC(COC(=O)CCCCCCC)OC(=O)CCCCCCCCCCCCC/C=C\C/C=C\CCCCCCC. The molecule has 0 saturated carbocycles. The van der Waals surface area contributed by atoms with Crippen molar-refractivity contribution in [3.05, 3.63) is 122 Å². The van der Waals surface area contributed by atoms with Gasteiger partial charge in [-0.15, -0.1) is 0 Å². The van der Waals surface area contributed by atoms with Gasteiger partial charge in [0.1, 0.15) is 13.2 Å². The summed E-state index contributed by atoms with van der Waals surface area (Å²) in [5.41, 5.74) is 0. The molecule has 0 aromatic heterocycles. The lowest BCUT2D eigenvalue weighted by molar-refractivity contribution is -0.167. The first-order valence-electron chi connectivity index (χ1n) is 32.0. The van der Waals surface area contributed by atoms with Crippen molar-refractivity contribution in [3.63, 3.8) is 0 Å². The molecule has 0 amide bonds. The van der Waals surface area contributed by atoms with Crippen molar-refractivity contribution in [2.24, 2.45) is 0 Å². The van der Waals surface area contributed by atoms with Crippen LogP contribution in [0.3, 0.4) is 0 Å². The lowest BCUT2D eigenvalue weighted by Gasteiger charge is -2.18. The van der Waals surface area contributed by atoms with Crippen molar-refractivity contribution in [3.8, 4) is 0 Å². The van der Waals surface area contributed by atoms with E-state index in [9.17, 15) is 14.4 Å². The van der Waals surface area contributed by atoms with Crippen LogP contribution in [0, 0.1) is 0 Å². The zero-order valence-electron chi connectivity index (χ0n) is 50.2. The molecule has 0 N–H and O–H groups in total.